The molecule has 12 nitrogen and oxygen atoms in total. The molecule has 4 aromatic carbocycles. The largest absolute Gasteiger partial charge is 0.461 e. The lowest BCUT2D eigenvalue weighted by molar-refractivity contribution is -0.144. The Morgan fingerprint density at radius 1 is 0.314 bits per heavy atom. The summed E-state index contributed by atoms with van der Waals surface area (Å²) >= 11 is 0. The molecule has 3 aliphatic rings. The van der Waals surface area contributed by atoms with Crippen LogP contribution < -0.4 is 0 Å². The van der Waals surface area contributed by atoms with Crippen LogP contribution in [-0.4, -0.2) is 35.8 Å². The Labute approximate surface area is 292 Å². The van der Waals surface area contributed by atoms with Gasteiger partial charge in [-0.2, -0.15) is 0 Å². The summed E-state index contributed by atoms with van der Waals surface area (Å²) in [6, 6.07) is 0. The number of rotatable bonds is 12. The summed E-state index contributed by atoms with van der Waals surface area (Å²) in [6.07, 6.45) is 1.16. The van der Waals surface area contributed by atoms with Crippen molar-refractivity contribution in [3.63, 3.8) is 0 Å². The lowest BCUT2D eigenvalue weighted by Gasteiger charge is -2.19. The van der Waals surface area contributed by atoms with Gasteiger partial charge in [-0.05, 0) is 85.0 Å². The normalized spacial score (nSPS) is 12.8. The summed E-state index contributed by atoms with van der Waals surface area (Å²) in [5.74, 6) is -2.84. The second kappa shape index (κ2) is 12.7. The molecule has 0 spiro atoms. The molecule has 0 aliphatic heterocycles. The van der Waals surface area contributed by atoms with Crippen LogP contribution in [0.25, 0.3) is 32.3 Å². The van der Waals surface area contributed by atoms with Crippen LogP contribution in [0.15, 0.2) is 0 Å². The van der Waals surface area contributed by atoms with Crippen molar-refractivity contribution in [2.75, 3.05) is 0 Å². The Hall–Kier alpha value is -5.52. The van der Waals surface area contributed by atoms with Gasteiger partial charge in [-0.1, -0.05) is 0 Å². The average Bonchev–Trinajstić information content (AvgIpc) is 3.74. The Bertz CT molecular complexity index is 1870. The van der Waals surface area contributed by atoms with E-state index in [0.29, 0.717) is 19.3 Å². The molecule has 0 aromatic heterocycles. The zero-order valence-electron chi connectivity index (χ0n) is 29.3. The highest BCUT2D eigenvalue weighted by atomic mass is 16.6. The molecule has 0 atom stereocenters. The molecule has 51 heavy (non-hydrogen) atoms. The second-order valence-electron chi connectivity index (χ2n) is 13.2. The average molecular weight is 697 g/mol. The molecule has 0 amide bonds. The van der Waals surface area contributed by atoms with Crippen molar-refractivity contribution >= 4 is 68.1 Å². The van der Waals surface area contributed by atoms with Crippen molar-refractivity contribution in [2.45, 2.75) is 100 Å². The molecule has 264 valence electrons. The van der Waals surface area contributed by atoms with E-state index in [9.17, 15) is 28.8 Å². The maximum Gasteiger partial charge on any atom is 0.302 e. The fourth-order valence-corrected chi connectivity index (χ4v) is 8.35. The molecule has 0 fully saturated rings. The molecule has 12 heteroatoms. The van der Waals surface area contributed by atoms with E-state index in [4.69, 9.17) is 28.4 Å². The number of ether oxygens (including phenoxy) is 6. The number of carbonyl (C=O) groups excluding carboxylic acids is 6. The third-order valence-electron chi connectivity index (χ3n) is 10.2. The van der Waals surface area contributed by atoms with Gasteiger partial charge in [-0.3, -0.25) is 28.8 Å². The third-order valence-corrected chi connectivity index (χ3v) is 10.2. The van der Waals surface area contributed by atoms with E-state index in [1.54, 1.807) is 0 Å². The molecule has 0 saturated carbocycles. The molecule has 0 saturated heterocycles. The highest BCUT2D eigenvalue weighted by molar-refractivity contribution is 6.34. The van der Waals surface area contributed by atoms with Crippen LogP contribution in [-0.2, 0) is 116 Å². The minimum Gasteiger partial charge on any atom is -0.461 e. The third kappa shape index (κ3) is 5.53. The molecule has 3 aliphatic carbocycles. The summed E-state index contributed by atoms with van der Waals surface area (Å²) in [5, 5.41) is 5.82. The highest BCUT2D eigenvalue weighted by Gasteiger charge is 2.40. The molecule has 7 rings (SSSR count). The van der Waals surface area contributed by atoms with Gasteiger partial charge < -0.3 is 28.4 Å². The first kappa shape index (κ1) is 34.0. The molecular weight excluding hydrogens is 660 g/mol. The second-order valence-corrected chi connectivity index (χ2v) is 13.2. The van der Waals surface area contributed by atoms with E-state index < -0.39 is 35.8 Å². The number of carbonyl (C=O) groups is 6. The highest BCUT2D eigenvalue weighted by Crippen LogP contribution is 2.58. The summed E-state index contributed by atoms with van der Waals surface area (Å²) in [5.41, 5.74) is 9.76. The number of hydrogen-bond acceptors (Lipinski definition) is 12. The quantitative estimate of drug-likeness (QED) is 0.0931. The maximum atomic E-state index is 12.2. The number of esters is 6. The Morgan fingerprint density at radius 3 is 0.569 bits per heavy atom. The van der Waals surface area contributed by atoms with Crippen LogP contribution in [0.1, 0.15) is 108 Å². The topological polar surface area (TPSA) is 158 Å². The zero-order chi connectivity index (χ0) is 36.5. The van der Waals surface area contributed by atoms with E-state index in [2.05, 4.69) is 0 Å². The minimum atomic E-state index is -0.473. The molecule has 0 bridgehead atoms. The first-order chi connectivity index (χ1) is 24.3. The molecule has 0 heterocycles. The molecule has 4 aromatic rings. The standard InChI is InChI=1S/C39H36O12/c1-16(40)46-10-28-22-7-24-30(12-48-18(3)42)32(14-50-20(5)44)26-9-27-33(15-51-21(6)45)31(13-49-19(4)43)25-8-23(29(28)11-47-17(2)41)35-34(22)36(24)38(26)39(27)37(25)35/h7-15H2,1-6H3. The minimum absolute atomic E-state index is 0.0657. The van der Waals surface area contributed by atoms with Gasteiger partial charge in [-0.25, -0.2) is 0 Å². The van der Waals surface area contributed by atoms with Crippen LogP contribution in [0.4, 0.5) is 0 Å². The predicted molar refractivity (Wildman–Crippen MR) is 180 cm³/mol. The summed E-state index contributed by atoms with van der Waals surface area (Å²) in [4.78, 5) is 73.2. The maximum absolute atomic E-state index is 12.2. The fraction of sp³-hybridized carbons (Fsp3) is 0.385. The van der Waals surface area contributed by atoms with Gasteiger partial charge in [0.05, 0.1) is 0 Å². The van der Waals surface area contributed by atoms with E-state index in [0.717, 1.165) is 99.1 Å². The van der Waals surface area contributed by atoms with Crippen molar-refractivity contribution in [1.82, 2.24) is 0 Å². The van der Waals surface area contributed by atoms with Gasteiger partial charge in [0, 0.05) is 74.9 Å². The first-order valence-electron chi connectivity index (χ1n) is 16.7. The Morgan fingerprint density at radius 2 is 0.451 bits per heavy atom. The van der Waals surface area contributed by atoms with Gasteiger partial charge in [0.15, 0.2) is 0 Å². The van der Waals surface area contributed by atoms with Crippen molar-refractivity contribution < 1.29 is 57.2 Å². The van der Waals surface area contributed by atoms with Gasteiger partial charge in [0.1, 0.15) is 39.6 Å². The van der Waals surface area contributed by atoms with Crippen LogP contribution >= 0.6 is 0 Å². The van der Waals surface area contributed by atoms with E-state index in [1.807, 2.05) is 0 Å². The van der Waals surface area contributed by atoms with Crippen LogP contribution in [0.2, 0.25) is 0 Å². The van der Waals surface area contributed by atoms with Crippen molar-refractivity contribution in [3.8, 4) is 0 Å². The smallest absolute Gasteiger partial charge is 0.302 e. The Kier molecular flexibility index (Phi) is 8.43. The predicted octanol–water partition coefficient (Wildman–Crippen LogP) is 5.24. The van der Waals surface area contributed by atoms with Gasteiger partial charge in [0.2, 0.25) is 0 Å². The summed E-state index contributed by atoms with van der Waals surface area (Å²) in [7, 11) is 0. The first-order valence-corrected chi connectivity index (χ1v) is 16.7. The van der Waals surface area contributed by atoms with E-state index in [1.165, 1.54) is 41.5 Å². The zero-order valence-corrected chi connectivity index (χ0v) is 29.3. The Balaban J connectivity index is 1.65. The molecule has 0 unspecified atom stereocenters. The SMILES string of the molecule is CC(=O)OCc1c(COC(C)=O)c2c3c4c1Cc1c(COC(C)=O)c(COC(C)=O)c5c(c14)c1c(c(COC(C)=O)c(COC(C)=O)c(c31)C2)C5. The van der Waals surface area contributed by atoms with E-state index >= 15 is 0 Å². The number of benzene rings is 4. The monoisotopic (exact) mass is 696 g/mol. The summed E-state index contributed by atoms with van der Waals surface area (Å²) < 4.78 is 33.8. The van der Waals surface area contributed by atoms with Gasteiger partial charge in [-0.15, -0.1) is 0 Å². The van der Waals surface area contributed by atoms with Crippen molar-refractivity contribution in [1.29, 1.82) is 0 Å². The lowest BCUT2D eigenvalue weighted by atomic mass is 9.87. The fourth-order valence-electron chi connectivity index (χ4n) is 8.35. The summed E-state index contributed by atoms with van der Waals surface area (Å²) in [6.45, 7) is 7.59. The molecule has 0 N–H and O–H groups in total. The van der Waals surface area contributed by atoms with Crippen molar-refractivity contribution in [2.24, 2.45) is 0 Å². The van der Waals surface area contributed by atoms with Crippen LogP contribution in [0, 0.1) is 0 Å². The molecule has 0 radical (unpaired) electrons. The van der Waals surface area contributed by atoms with Gasteiger partial charge in [0.25, 0.3) is 0 Å². The van der Waals surface area contributed by atoms with Crippen LogP contribution in [0.3, 0.4) is 0 Å². The lowest BCUT2D eigenvalue weighted by Crippen LogP contribution is -2.12. The van der Waals surface area contributed by atoms with Crippen molar-refractivity contribution in [3.05, 3.63) is 66.8 Å². The molecular formula is C39H36O12. The van der Waals surface area contributed by atoms with Gasteiger partial charge >= 0.3 is 35.8 Å². The van der Waals surface area contributed by atoms with Crippen LogP contribution in [0.5, 0.6) is 0 Å². The van der Waals surface area contributed by atoms with E-state index in [-0.39, 0.29) is 39.6 Å². The number of hydrogen-bond donors (Lipinski definition) is 0.